The summed E-state index contributed by atoms with van der Waals surface area (Å²) in [6.45, 7) is 7.38. The van der Waals surface area contributed by atoms with Gasteiger partial charge in [0.15, 0.2) is 0 Å². The van der Waals surface area contributed by atoms with Crippen molar-refractivity contribution in [3.8, 4) is 0 Å². The van der Waals surface area contributed by atoms with Crippen LogP contribution < -0.4 is 10.4 Å². The van der Waals surface area contributed by atoms with Crippen LogP contribution in [0.3, 0.4) is 0 Å². The van der Waals surface area contributed by atoms with E-state index in [1.54, 1.807) is 28.1 Å². The molecule has 20 heavy (non-hydrogen) atoms. The van der Waals surface area contributed by atoms with Crippen LogP contribution in [0.4, 0.5) is 0 Å². The number of carbonyl (C=O) groups is 2. The van der Waals surface area contributed by atoms with Crippen molar-refractivity contribution in [1.29, 1.82) is 0 Å². The van der Waals surface area contributed by atoms with Crippen molar-refractivity contribution in [2.45, 2.75) is 26.4 Å². The van der Waals surface area contributed by atoms with Gasteiger partial charge in [-0.3, -0.25) is 9.69 Å². The van der Waals surface area contributed by atoms with Crippen molar-refractivity contribution in [3.05, 3.63) is 12.2 Å². The number of nitrogens with zero attached hydrogens (tertiary/aromatic N) is 2. The molecule has 0 rings (SSSR count). The van der Waals surface area contributed by atoms with E-state index in [0.29, 0.717) is 10.1 Å². The minimum absolute atomic E-state index is 0.0694. The van der Waals surface area contributed by atoms with E-state index < -0.39 is 5.97 Å². The molecule has 0 saturated carbocycles. The smallest absolute Gasteiger partial charge is 0.247 e. The Hall–Kier alpha value is -1.40. The fraction of sp³-hybridized carbons (Fsp3) is 0.714. The van der Waals surface area contributed by atoms with E-state index >= 15 is 0 Å². The highest BCUT2D eigenvalue weighted by Crippen LogP contribution is 1.96. The summed E-state index contributed by atoms with van der Waals surface area (Å²) in [5.41, 5.74) is 0.551. The van der Waals surface area contributed by atoms with Crippen LogP contribution in [-0.4, -0.2) is 69.2 Å². The highest BCUT2D eigenvalue weighted by Gasteiger charge is 2.11. The maximum atomic E-state index is 11.2. The minimum atomic E-state index is -1.00. The SMILES string of the molecule is C=C(C)C(=O)NC(CC)N(C)C.C[N+](C)(C)CC(=O)[O-]. The molecule has 1 unspecified atom stereocenters. The van der Waals surface area contributed by atoms with Gasteiger partial charge in [0, 0.05) is 5.57 Å². The highest BCUT2D eigenvalue weighted by atomic mass is 16.4. The van der Waals surface area contributed by atoms with E-state index in [-0.39, 0.29) is 18.6 Å². The number of quaternary nitrogens is 1. The first-order valence-corrected chi connectivity index (χ1v) is 6.53. The minimum Gasteiger partial charge on any atom is -0.544 e. The molecule has 0 aliphatic heterocycles. The first-order chi connectivity index (χ1) is 8.90. The molecule has 1 amide bonds. The monoisotopic (exact) mass is 287 g/mol. The molecule has 6 heteroatoms. The van der Waals surface area contributed by atoms with Gasteiger partial charge in [0.05, 0.1) is 33.3 Å². The van der Waals surface area contributed by atoms with Gasteiger partial charge < -0.3 is 19.7 Å². The van der Waals surface area contributed by atoms with Crippen molar-refractivity contribution in [1.82, 2.24) is 10.2 Å². The largest absolute Gasteiger partial charge is 0.544 e. The Balaban J connectivity index is 0. The zero-order valence-electron chi connectivity index (χ0n) is 13.8. The van der Waals surface area contributed by atoms with E-state index in [1.165, 1.54) is 0 Å². The number of hydrogen-bond donors (Lipinski definition) is 1. The second kappa shape index (κ2) is 9.50. The average Bonchev–Trinajstić information content (AvgIpc) is 2.21. The average molecular weight is 287 g/mol. The zero-order valence-corrected chi connectivity index (χ0v) is 13.8. The molecule has 0 heterocycles. The Kier molecular flexibility index (Phi) is 9.93. The summed E-state index contributed by atoms with van der Waals surface area (Å²) in [6.07, 6.45) is 1.00. The standard InChI is InChI=1S/C9H18N2O.C5H11NO2/c1-6-8(11(4)5)10-9(12)7(2)3;1-6(2,3)4-5(7)8/h8H,2,6H2,1,3-5H3,(H,10,12);4H2,1-3H3. The molecule has 0 spiro atoms. The van der Waals surface area contributed by atoms with Gasteiger partial charge in [-0.15, -0.1) is 0 Å². The molecular weight excluding hydrogens is 258 g/mol. The third-order valence-corrected chi connectivity index (χ3v) is 2.30. The quantitative estimate of drug-likeness (QED) is 0.403. The number of aliphatic carboxylic acids is 1. The molecule has 0 bridgehead atoms. The lowest BCUT2D eigenvalue weighted by Gasteiger charge is -2.23. The lowest BCUT2D eigenvalue weighted by molar-refractivity contribution is -0.864. The molecule has 0 aliphatic carbocycles. The van der Waals surface area contributed by atoms with Crippen molar-refractivity contribution >= 4 is 11.9 Å². The lowest BCUT2D eigenvalue weighted by Crippen LogP contribution is -2.45. The predicted molar refractivity (Wildman–Crippen MR) is 78.6 cm³/mol. The molecule has 0 aromatic rings. The first-order valence-electron chi connectivity index (χ1n) is 6.53. The van der Waals surface area contributed by atoms with Crippen molar-refractivity contribution in [3.63, 3.8) is 0 Å². The zero-order chi connectivity index (χ0) is 16.5. The van der Waals surface area contributed by atoms with Crippen LogP contribution in [0, 0.1) is 0 Å². The van der Waals surface area contributed by atoms with Crippen LogP contribution in [0.5, 0.6) is 0 Å². The van der Waals surface area contributed by atoms with Gasteiger partial charge in [-0.1, -0.05) is 13.5 Å². The number of likely N-dealkylation sites (N-methyl/N-ethyl adjacent to an activating group) is 1. The number of carboxylic acid groups (broad SMARTS) is 1. The topological polar surface area (TPSA) is 72.5 Å². The summed E-state index contributed by atoms with van der Waals surface area (Å²) in [4.78, 5) is 23.0. The van der Waals surface area contributed by atoms with Crippen molar-refractivity contribution in [2.75, 3.05) is 41.8 Å². The normalized spacial score (nSPS) is 12.2. The van der Waals surface area contributed by atoms with E-state index in [4.69, 9.17) is 0 Å². The molecule has 0 aromatic carbocycles. The number of carbonyl (C=O) groups excluding carboxylic acids is 2. The van der Waals surface area contributed by atoms with Crippen LogP contribution >= 0.6 is 0 Å². The fourth-order valence-corrected chi connectivity index (χ4v) is 1.26. The van der Waals surface area contributed by atoms with E-state index in [9.17, 15) is 14.7 Å². The lowest BCUT2D eigenvalue weighted by atomic mass is 10.3. The Bertz CT molecular complexity index is 333. The molecule has 0 fully saturated rings. The summed E-state index contributed by atoms with van der Waals surface area (Å²) in [5.74, 6) is -1.08. The van der Waals surface area contributed by atoms with Gasteiger partial charge in [0.1, 0.15) is 6.54 Å². The molecule has 0 aromatic heterocycles. The molecule has 0 saturated heterocycles. The molecule has 6 nitrogen and oxygen atoms in total. The fourth-order valence-electron chi connectivity index (χ4n) is 1.26. The summed E-state index contributed by atoms with van der Waals surface area (Å²) in [7, 11) is 9.28. The molecule has 0 radical (unpaired) electrons. The predicted octanol–water partition coefficient (Wildman–Crippen LogP) is -0.581. The van der Waals surface area contributed by atoms with Crippen molar-refractivity contribution in [2.24, 2.45) is 0 Å². The number of hydrogen-bond acceptors (Lipinski definition) is 4. The Morgan fingerprint density at radius 3 is 1.90 bits per heavy atom. The maximum Gasteiger partial charge on any atom is 0.247 e. The van der Waals surface area contributed by atoms with Gasteiger partial charge in [-0.2, -0.15) is 0 Å². The van der Waals surface area contributed by atoms with Gasteiger partial charge in [-0.05, 0) is 27.4 Å². The second-order valence-electron chi connectivity index (χ2n) is 5.96. The second-order valence-corrected chi connectivity index (χ2v) is 5.96. The summed E-state index contributed by atoms with van der Waals surface area (Å²) in [6, 6.07) is 0. The molecule has 0 aliphatic rings. The Morgan fingerprint density at radius 2 is 1.75 bits per heavy atom. The number of rotatable bonds is 6. The van der Waals surface area contributed by atoms with Gasteiger partial charge in [0.25, 0.3) is 0 Å². The Morgan fingerprint density at radius 1 is 1.30 bits per heavy atom. The van der Waals surface area contributed by atoms with Crippen LogP contribution in [0.1, 0.15) is 20.3 Å². The number of amides is 1. The third-order valence-electron chi connectivity index (χ3n) is 2.30. The van der Waals surface area contributed by atoms with Crippen LogP contribution in [0.25, 0.3) is 0 Å². The summed E-state index contributed by atoms with van der Waals surface area (Å²) >= 11 is 0. The van der Waals surface area contributed by atoms with Crippen LogP contribution in [-0.2, 0) is 9.59 Å². The molecule has 1 atom stereocenters. The highest BCUT2D eigenvalue weighted by molar-refractivity contribution is 5.92. The van der Waals surface area contributed by atoms with Crippen LogP contribution in [0.2, 0.25) is 0 Å². The summed E-state index contributed by atoms with van der Waals surface area (Å²) < 4.78 is 0.419. The van der Waals surface area contributed by atoms with Gasteiger partial charge >= 0.3 is 0 Å². The third kappa shape index (κ3) is 13.0. The number of nitrogens with one attached hydrogen (secondary N) is 1. The van der Waals surface area contributed by atoms with Gasteiger partial charge in [-0.25, -0.2) is 0 Å². The molecule has 118 valence electrons. The Labute approximate surface area is 122 Å². The maximum absolute atomic E-state index is 11.2. The number of carboxylic acids is 1. The van der Waals surface area contributed by atoms with E-state index in [2.05, 4.69) is 11.9 Å². The molecular formula is C14H29N3O3. The summed E-state index contributed by atoms with van der Waals surface area (Å²) in [5, 5.41) is 12.7. The van der Waals surface area contributed by atoms with Gasteiger partial charge in [0.2, 0.25) is 5.91 Å². The van der Waals surface area contributed by atoms with E-state index in [1.807, 2.05) is 25.9 Å². The van der Waals surface area contributed by atoms with Crippen molar-refractivity contribution < 1.29 is 19.2 Å². The molecule has 1 N–H and O–H groups in total. The van der Waals surface area contributed by atoms with Crippen LogP contribution in [0.15, 0.2) is 12.2 Å². The first kappa shape index (κ1) is 20.9. The van der Waals surface area contributed by atoms with E-state index in [0.717, 1.165) is 6.42 Å².